The third kappa shape index (κ3) is 1.26. The van der Waals surface area contributed by atoms with Crippen molar-refractivity contribution in [3.63, 3.8) is 0 Å². The van der Waals surface area contributed by atoms with E-state index >= 15 is 0 Å². The van der Waals surface area contributed by atoms with Gasteiger partial charge in [-0.2, -0.15) is 0 Å². The molecule has 2 saturated heterocycles. The Labute approximate surface area is 73.6 Å². The molecule has 0 aromatic heterocycles. The standard InChI is InChI=1S/C9H17NO2/c1-8(2,3)10-6-9(7-10)11-4-5-12-9/h4-7H2,1-3H3. The lowest BCUT2D eigenvalue weighted by molar-refractivity contribution is -0.254. The summed E-state index contributed by atoms with van der Waals surface area (Å²) < 4.78 is 11.1. The van der Waals surface area contributed by atoms with Gasteiger partial charge in [0.2, 0.25) is 0 Å². The Balaban J connectivity index is 1.90. The van der Waals surface area contributed by atoms with E-state index in [4.69, 9.17) is 9.47 Å². The first-order valence-electron chi connectivity index (χ1n) is 4.55. The second-order valence-electron chi connectivity index (χ2n) is 4.63. The molecule has 0 N–H and O–H groups in total. The van der Waals surface area contributed by atoms with Gasteiger partial charge in [0.1, 0.15) is 0 Å². The Hall–Kier alpha value is -0.120. The average molecular weight is 171 g/mol. The maximum absolute atomic E-state index is 5.54. The van der Waals surface area contributed by atoms with Gasteiger partial charge in [-0.1, -0.05) is 0 Å². The van der Waals surface area contributed by atoms with Gasteiger partial charge in [0.15, 0.2) is 5.79 Å². The van der Waals surface area contributed by atoms with Crippen LogP contribution in [-0.2, 0) is 9.47 Å². The maximum Gasteiger partial charge on any atom is 0.194 e. The maximum atomic E-state index is 5.54. The molecule has 12 heavy (non-hydrogen) atoms. The third-order valence-corrected chi connectivity index (χ3v) is 2.63. The summed E-state index contributed by atoms with van der Waals surface area (Å²) in [7, 11) is 0. The number of hydrogen-bond acceptors (Lipinski definition) is 3. The zero-order chi connectivity index (χ0) is 8.82. The van der Waals surface area contributed by atoms with Crippen molar-refractivity contribution in [1.29, 1.82) is 0 Å². The molecule has 2 fully saturated rings. The molecule has 0 aromatic carbocycles. The molecule has 0 amide bonds. The van der Waals surface area contributed by atoms with E-state index < -0.39 is 0 Å². The highest BCUT2D eigenvalue weighted by Gasteiger charge is 2.51. The highest BCUT2D eigenvalue weighted by Crippen LogP contribution is 2.34. The molecule has 0 bridgehead atoms. The minimum atomic E-state index is -0.229. The first-order chi connectivity index (χ1) is 5.52. The van der Waals surface area contributed by atoms with Crippen molar-refractivity contribution in [2.24, 2.45) is 0 Å². The summed E-state index contributed by atoms with van der Waals surface area (Å²) in [6.07, 6.45) is 0. The lowest BCUT2D eigenvalue weighted by Crippen LogP contribution is -2.67. The summed E-state index contributed by atoms with van der Waals surface area (Å²) >= 11 is 0. The van der Waals surface area contributed by atoms with Crippen LogP contribution in [0.2, 0.25) is 0 Å². The van der Waals surface area contributed by atoms with Crippen LogP contribution in [0.3, 0.4) is 0 Å². The van der Waals surface area contributed by atoms with Crippen molar-refractivity contribution in [3.8, 4) is 0 Å². The Bertz CT molecular complexity index is 171. The second kappa shape index (κ2) is 2.44. The molecule has 3 nitrogen and oxygen atoms in total. The fourth-order valence-corrected chi connectivity index (χ4v) is 1.69. The molecular weight excluding hydrogens is 154 g/mol. The molecule has 0 unspecified atom stereocenters. The van der Waals surface area contributed by atoms with Crippen LogP contribution in [0.5, 0.6) is 0 Å². The zero-order valence-corrected chi connectivity index (χ0v) is 8.09. The van der Waals surface area contributed by atoms with Gasteiger partial charge >= 0.3 is 0 Å². The molecule has 1 spiro atoms. The molecule has 70 valence electrons. The van der Waals surface area contributed by atoms with Crippen LogP contribution >= 0.6 is 0 Å². The summed E-state index contributed by atoms with van der Waals surface area (Å²) in [4.78, 5) is 2.37. The Morgan fingerprint density at radius 1 is 1.08 bits per heavy atom. The molecule has 0 radical (unpaired) electrons. The molecule has 2 aliphatic heterocycles. The summed E-state index contributed by atoms with van der Waals surface area (Å²) in [6, 6.07) is 0. The molecule has 2 aliphatic rings. The van der Waals surface area contributed by atoms with E-state index in [1.807, 2.05) is 0 Å². The van der Waals surface area contributed by atoms with Crippen LogP contribution < -0.4 is 0 Å². The fourth-order valence-electron chi connectivity index (χ4n) is 1.69. The van der Waals surface area contributed by atoms with Crippen molar-refractivity contribution in [1.82, 2.24) is 4.90 Å². The minimum Gasteiger partial charge on any atom is -0.345 e. The summed E-state index contributed by atoms with van der Waals surface area (Å²) in [6.45, 7) is 10.0. The number of likely N-dealkylation sites (tertiary alicyclic amines) is 1. The van der Waals surface area contributed by atoms with Crippen molar-refractivity contribution in [2.45, 2.75) is 32.1 Å². The Morgan fingerprint density at radius 3 is 2.00 bits per heavy atom. The smallest absolute Gasteiger partial charge is 0.194 e. The second-order valence-corrected chi connectivity index (χ2v) is 4.63. The van der Waals surface area contributed by atoms with Gasteiger partial charge in [-0.15, -0.1) is 0 Å². The fraction of sp³-hybridized carbons (Fsp3) is 1.00. The van der Waals surface area contributed by atoms with Crippen LogP contribution in [0.1, 0.15) is 20.8 Å². The molecule has 3 heteroatoms. The van der Waals surface area contributed by atoms with Crippen molar-refractivity contribution in [3.05, 3.63) is 0 Å². The average Bonchev–Trinajstić information content (AvgIpc) is 2.27. The van der Waals surface area contributed by atoms with E-state index in [1.54, 1.807) is 0 Å². The Kier molecular flexibility index (Phi) is 1.72. The zero-order valence-electron chi connectivity index (χ0n) is 8.09. The van der Waals surface area contributed by atoms with Crippen LogP contribution in [0.25, 0.3) is 0 Å². The quantitative estimate of drug-likeness (QED) is 0.539. The van der Waals surface area contributed by atoms with Gasteiger partial charge in [-0.25, -0.2) is 0 Å². The molecular formula is C9H17NO2. The Morgan fingerprint density at radius 2 is 1.58 bits per heavy atom. The van der Waals surface area contributed by atoms with E-state index in [9.17, 15) is 0 Å². The number of nitrogens with zero attached hydrogens (tertiary/aromatic N) is 1. The first-order valence-corrected chi connectivity index (χ1v) is 4.55. The van der Waals surface area contributed by atoms with E-state index in [-0.39, 0.29) is 11.3 Å². The van der Waals surface area contributed by atoms with Gasteiger partial charge in [0.25, 0.3) is 0 Å². The normalized spacial score (nSPS) is 29.2. The summed E-state index contributed by atoms with van der Waals surface area (Å²) in [5.41, 5.74) is 0.251. The predicted octanol–water partition coefficient (Wildman–Crippen LogP) is 0.844. The highest BCUT2D eigenvalue weighted by atomic mass is 16.7. The van der Waals surface area contributed by atoms with Crippen molar-refractivity contribution < 1.29 is 9.47 Å². The topological polar surface area (TPSA) is 21.7 Å². The van der Waals surface area contributed by atoms with E-state index in [0.29, 0.717) is 0 Å². The number of hydrogen-bond donors (Lipinski definition) is 0. The molecule has 0 atom stereocenters. The molecule has 0 saturated carbocycles. The van der Waals surface area contributed by atoms with Crippen LogP contribution in [0.4, 0.5) is 0 Å². The van der Waals surface area contributed by atoms with Crippen molar-refractivity contribution >= 4 is 0 Å². The van der Waals surface area contributed by atoms with Gasteiger partial charge in [-0.05, 0) is 20.8 Å². The van der Waals surface area contributed by atoms with Gasteiger partial charge in [0, 0.05) is 5.54 Å². The minimum absolute atomic E-state index is 0.229. The first kappa shape index (κ1) is 8.48. The highest BCUT2D eigenvalue weighted by molar-refractivity contribution is 4.97. The molecule has 0 aliphatic carbocycles. The third-order valence-electron chi connectivity index (χ3n) is 2.63. The van der Waals surface area contributed by atoms with Crippen LogP contribution in [0, 0.1) is 0 Å². The lowest BCUT2D eigenvalue weighted by atomic mass is 9.97. The lowest BCUT2D eigenvalue weighted by Gasteiger charge is -2.52. The SMILES string of the molecule is CC(C)(C)N1CC2(C1)OCCO2. The van der Waals surface area contributed by atoms with Gasteiger partial charge in [-0.3, -0.25) is 4.90 Å². The molecule has 2 heterocycles. The van der Waals surface area contributed by atoms with E-state index in [2.05, 4.69) is 25.7 Å². The van der Waals surface area contributed by atoms with Crippen molar-refractivity contribution in [2.75, 3.05) is 26.3 Å². The van der Waals surface area contributed by atoms with Gasteiger partial charge in [0.05, 0.1) is 26.3 Å². The molecule has 2 rings (SSSR count). The number of ether oxygens (including phenoxy) is 2. The van der Waals surface area contributed by atoms with Crippen LogP contribution in [-0.4, -0.2) is 42.5 Å². The predicted molar refractivity (Wildman–Crippen MR) is 46.0 cm³/mol. The van der Waals surface area contributed by atoms with E-state index in [0.717, 1.165) is 26.3 Å². The van der Waals surface area contributed by atoms with Crippen LogP contribution in [0.15, 0.2) is 0 Å². The van der Waals surface area contributed by atoms with E-state index in [1.165, 1.54) is 0 Å². The molecule has 0 aromatic rings. The summed E-state index contributed by atoms with van der Waals surface area (Å²) in [5, 5.41) is 0. The number of rotatable bonds is 0. The van der Waals surface area contributed by atoms with Gasteiger partial charge < -0.3 is 9.47 Å². The summed E-state index contributed by atoms with van der Waals surface area (Å²) in [5.74, 6) is -0.229. The monoisotopic (exact) mass is 171 g/mol. The largest absolute Gasteiger partial charge is 0.345 e.